The zero-order chi connectivity index (χ0) is 12.3. The van der Waals surface area contributed by atoms with Crippen molar-refractivity contribution in [2.75, 3.05) is 5.32 Å². The van der Waals surface area contributed by atoms with Crippen molar-refractivity contribution >= 4 is 34.2 Å². The number of hydrogen-bond donors (Lipinski definition) is 4. The van der Waals surface area contributed by atoms with Gasteiger partial charge in [0.25, 0.3) is 0 Å². The number of aromatic carboxylic acids is 1. The SMILES string of the molecule is NCc1cc(C(=O)O)c(NC(=O)C(=O)O)s1. The lowest BCUT2D eigenvalue weighted by molar-refractivity contribution is -0.147. The maximum atomic E-state index is 10.9. The van der Waals surface area contributed by atoms with Gasteiger partial charge in [-0.25, -0.2) is 9.59 Å². The summed E-state index contributed by atoms with van der Waals surface area (Å²) in [5.41, 5.74) is 5.14. The average Bonchev–Trinajstić information content (AvgIpc) is 2.61. The molecule has 0 unspecified atom stereocenters. The van der Waals surface area contributed by atoms with Crippen molar-refractivity contribution in [3.05, 3.63) is 16.5 Å². The molecule has 5 N–H and O–H groups in total. The Morgan fingerprint density at radius 3 is 2.44 bits per heavy atom. The second-order valence-electron chi connectivity index (χ2n) is 2.72. The largest absolute Gasteiger partial charge is 0.478 e. The monoisotopic (exact) mass is 244 g/mol. The van der Waals surface area contributed by atoms with E-state index in [2.05, 4.69) is 0 Å². The van der Waals surface area contributed by atoms with Crippen LogP contribution in [0.5, 0.6) is 0 Å². The Bertz CT molecular complexity index is 453. The van der Waals surface area contributed by atoms with E-state index in [1.807, 2.05) is 5.32 Å². The number of hydrogen-bond acceptors (Lipinski definition) is 5. The number of carboxylic acid groups (broad SMARTS) is 2. The third-order valence-corrected chi connectivity index (χ3v) is 2.71. The van der Waals surface area contributed by atoms with E-state index in [0.29, 0.717) is 4.88 Å². The molecule has 7 nitrogen and oxygen atoms in total. The van der Waals surface area contributed by atoms with E-state index < -0.39 is 17.8 Å². The summed E-state index contributed by atoms with van der Waals surface area (Å²) in [7, 11) is 0. The average molecular weight is 244 g/mol. The minimum absolute atomic E-state index is 0.0275. The second kappa shape index (κ2) is 4.73. The smallest absolute Gasteiger partial charge is 0.394 e. The Kier molecular flexibility index (Phi) is 3.59. The molecule has 1 aromatic rings. The van der Waals surface area contributed by atoms with E-state index in [1.165, 1.54) is 6.07 Å². The first kappa shape index (κ1) is 12.1. The van der Waals surface area contributed by atoms with Gasteiger partial charge in [0.05, 0.1) is 5.56 Å². The van der Waals surface area contributed by atoms with Crippen molar-refractivity contribution < 1.29 is 24.6 Å². The van der Waals surface area contributed by atoms with Crippen LogP contribution in [0, 0.1) is 0 Å². The van der Waals surface area contributed by atoms with Crippen LogP contribution in [0.4, 0.5) is 5.00 Å². The number of rotatable bonds is 3. The van der Waals surface area contributed by atoms with E-state index in [1.54, 1.807) is 0 Å². The highest BCUT2D eigenvalue weighted by molar-refractivity contribution is 7.16. The third-order valence-electron chi connectivity index (χ3n) is 1.64. The lowest BCUT2D eigenvalue weighted by Gasteiger charge is -1.99. The number of aliphatic carboxylic acids is 1. The number of anilines is 1. The summed E-state index contributed by atoms with van der Waals surface area (Å²) in [5, 5.41) is 19.1. The lowest BCUT2D eigenvalue weighted by Crippen LogP contribution is -2.22. The van der Waals surface area contributed by atoms with Gasteiger partial charge < -0.3 is 21.3 Å². The standard InChI is InChI=1S/C8H8N2O5S/c9-2-3-1-4(7(12)13)6(16-3)10-5(11)8(14)15/h1H,2,9H2,(H,10,11)(H,12,13)(H,14,15). The van der Waals surface area contributed by atoms with Crippen molar-refractivity contribution in [2.45, 2.75) is 6.54 Å². The molecule has 8 heteroatoms. The zero-order valence-corrected chi connectivity index (χ0v) is 8.71. The first-order valence-corrected chi connectivity index (χ1v) is 4.87. The number of nitrogens with one attached hydrogen (secondary N) is 1. The van der Waals surface area contributed by atoms with Gasteiger partial charge >= 0.3 is 17.8 Å². The van der Waals surface area contributed by atoms with Gasteiger partial charge in [-0.3, -0.25) is 4.79 Å². The topological polar surface area (TPSA) is 130 Å². The first-order chi connectivity index (χ1) is 7.45. The minimum Gasteiger partial charge on any atom is -0.478 e. The predicted octanol–water partition coefficient (Wildman–Crippen LogP) is -0.0719. The molecule has 86 valence electrons. The van der Waals surface area contributed by atoms with Crippen LogP contribution in [0.15, 0.2) is 6.07 Å². The van der Waals surface area contributed by atoms with Crippen LogP contribution in [0.25, 0.3) is 0 Å². The Morgan fingerprint density at radius 1 is 1.38 bits per heavy atom. The third kappa shape index (κ3) is 2.55. The molecular formula is C8H8N2O5S. The molecular weight excluding hydrogens is 236 g/mol. The molecule has 1 amide bonds. The van der Waals surface area contributed by atoms with Gasteiger partial charge in [0.2, 0.25) is 0 Å². The number of carbonyl (C=O) groups is 3. The van der Waals surface area contributed by atoms with Crippen LogP contribution >= 0.6 is 11.3 Å². The number of thiophene rings is 1. The summed E-state index contributed by atoms with van der Waals surface area (Å²) in [5.74, 6) is -4.22. The Hall–Kier alpha value is -1.93. The van der Waals surface area contributed by atoms with Crippen LogP contribution in [-0.4, -0.2) is 28.1 Å². The molecule has 0 bridgehead atoms. The fraction of sp³-hybridized carbons (Fsp3) is 0.125. The Balaban J connectivity index is 3.02. The van der Waals surface area contributed by atoms with Gasteiger partial charge in [0, 0.05) is 11.4 Å². The Morgan fingerprint density at radius 2 is 2.00 bits per heavy atom. The summed E-state index contributed by atoms with van der Waals surface area (Å²) in [6.45, 7) is 0.119. The number of carboxylic acids is 2. The molecule has 0 radical (unpaired) electrons. The fourth-order valence-electron chi connectivity index (χ4n) is 0.951. The van der Waals surface area contributed by atoms with Crippen LogP contribution in [0.3, 0.4) is 0 Å². The van der Waals surface area contributed by atoms with E-state index >= 15 is 0 Å². The molecule has 0 aliphatic carbocycles. The first-order valence-electron chi connectivity index (χ1n) is 4.06. The summed E-state index contributed by atoms with van der Waals surface area (Å²) >= 11 is 0.932. The maximum Gasteiger partial charge on any atom is 0.394 e. The van der Waals surface area contributed by atoms with E-state index in [4.69, 9.17) is 15.9 Å². The van der Waals surface area contributed by atoms with Gasteiger partial charge in [-0.05, 0) is 6.07 Å². The van der Waals surface area contributed by atoms with Crippen LogP contribution < -0.4 is 11.1 Å². The zero-order valence-electron chi connectivity index (χ0n) is 7.89. The molecule has 16 heavy (non-hydrogen) atoms. The van der Waals surface area contributed by atoms with Crippen molar-refractivity contribution in [1.29, 1.82) is 0 Å². The molecule has 0 saturated heterocycles. The molecule has 1 aromatic heterocycles. The molecule has 0 aliphatic rings. The number of nitrogens with two attached hydrogens (primary N) is 1. The second-order valence-corrected chi connectivity index (χ2v) is 3.86. The quantitative estimate of drug-likeness (QED) is 0.550. The van der Waals surface area contributed by atoms with Gasteiger partial charge in [0.15, 0.2) is 0 Å². The van der Waals surface area contributed by atoms with Crippen molar-refractivity contribution in [2.24, 2.45) is 5.73 Å². The highest BCUT2D eigenvalue weighted by Crippen LogP contribution is 2.27. The molecule has 0 saturated carbocycles. The minimum atomic E-state index is -1.68. The highest BCUT2D eigenvalue weighted by Gasteiger charge is 2.19. The molecule has 0 spiro atoms. The van der Waals surface area contributed by atoms with Gasteiger partial charge in [-0.15, -0.1) is 11.3 Å². The summed E-state index contributed by atoms with van der Waals surface area (Å²) in [6, 6.07) is 1.30. The summed E-state index contributed by atoms with van der Waals surface area (Å²) in [6.07, 6.45) is 0. The molecule has 0 fully saturated rings. The van der Waals surface area contributed by atoms with Gasteiger partial charge in [0.1, 0.15) is 5.00 Å². The molecule has 0 aromatic carbocycles. The maximum absolute atomic E-state index is 10.9. The van der Waals surface area contributed by atoms with Crippen LogP contribution in [0.1, 0.15) is 15.2 Å². The van der Waals surface area contributed by atoms with Crippen molar-refractivity contribution in [3.8, 4) is 0 Å². The summed E-state index contributed by atoms with van der Waals surface area (Å²) < 4.78 is 0. The molecule has 0 aliphatic heterocycles. The van der Waals surface area contributed by atoms with Crippen molar-refractivity contribution in [3.63, 3.8) is 0 Å². The number of amides is 1. The van der Waals surface area contributed by atoms with E-state index in [9.17, 15) is 14.4 Å². The lowest BCUT2D eigenvalue weighted by atomic mass is 10.3. The van der Waals surface area contributed by atoms with Gasteiger partial charge in [-0.2, -0.15) is 0 Å². The molecule has 1 rings (SSSR count). The van der Waals surface area contributed by atoms with E-state index in [-0.39, 0.29) is 17.1 Å². The molecule has 1 heterocycles. The van der Waals surface area contributed by atoms with Crippen molar-refractivity contribution in [1.82, 2.24) is 0 Å². The van der Waals surface area contributed by atoms with E-state index in [0.717, 1.165) is 11.3 Å². The van der Waals surface area contributed by atoms with Crippen LogP contribution in [0.2, 0.25) is 0 Å². The van der Waals surface area contributed by atoms with Crippen LogP contribution in [-0.2, 0) is 16.1 Å². The van der Waals surface area contributed by atoms with Gasteiger partial charge in [-0.1, -0.05) is 0 Å². The normalized spacial score (nSPS) is 9.81. The molecule has 0 atom stereocenters. The Labute approximate surface area is 93.5 Å². The number of carbonyl (C=O) groups excluding carboxylic acids is 1. The summed E-state index contributed by atoms with van der Waals surface area (Å²) in [4.78, 5) is 32.4. The fourth-order valence-corrected chi connectivity index (χ4v) is 1.87. The highest BCUT2D eigenvalue weighted by atomic mass is 32.1. The predicted molar refractivity (Wildman–Crippen MR) is 55.4 cm³/mol.